The van der Waals surface area contributed by atoms with Gasteiger partial charge in [-0.3, -0.25) is 14.9 Å². The summed E-state index contributed by atoms with van der Waals surface area (Å²) in [5, 5.41) is 16.9. The molecule has 1 unspecified atom stereocenters. The molecular formula is C20H16N4O6. The number of carbonyl (C=O) groups excluding carboxylic acids is 3. The molecule has 1 saturated heterocycles. The van der Waals surface area contributed by atoms with Crippen molar-refractivity contribution in [2.75, 3.05) is 13.7 Å². The minimum Gasteiger partial charge on any atom is -0.619 e. The molecule has 152 valence electrons. The number of benzene rings is 1. The Balaban J connectivity index is 1.55. The van der Waals surface area contributed by atoms with Gasteiger partial charge in [0.1, 0.15) is 17.1 Å². The van der Waals surface area contributed by atoms with Gasteiger partial charge >= 0.3 is 6.03 Å². The van der Waals surface area contributed by atoms with E-state index in [1.807, 2.05) is 0 Å². The van der Waals surface area contributed by atoms with Crippen LogP contribution < -0.4 is 20.1 Å². The first kappa shape index (κ1) is 18.0. The third-order valence-electron chi connectivity index (χ3n) is 5.42. The van der Waals surface area contributed by atoms with E-state index in [0.29, 0.717) is 27.0 Å². The van der Waals surface area contributed by atoms with Gasteiger partial charge in [0.15, 0.2) is 17.9 Å². The molecule has 1 atom stereocenters. The molecule has 0 saturated carbocycles. The first-order valence-corrected chi connectivity index (χ1v) is 9.12. The number of nitrogens with zero attached hydrogens (tertiary/aromatic N) is 2. The summed E-state index contributed by atoms with van der Waals surface area (Å²) in [5.41, 5.74) is 0.0288. The fourth-order valence-corrected chi connectivity index (χ4v) is 3.92. The summed E-state index contributed by atoms with van der Waals surface area (Å²) < 4.78 is 11.6. The van der Waals surface area contributed by atoms with E-state index in [0.717, 1.165) is 5.56 Å². The number of pyridine rings is 1. The highest BCUT2D eigenvalue weighted by Gasteiger charge is 2.53. The van der Waals surface area contributed by atoms with E-state index < -0.39 is 17.5 Å². The third kappa shape index (κ3) is 2.57. The van der Waals surface area contributed by atoms with E-state index in [4.69, 9.17) is 9.15 Å². The minimum absolute atomic E-state index is 0.133. The number of carbonyl (C=O) groups is 3. The average molecular weight is 408 g/mol. The molecule has 0 spiro atoms. The number of nitrogens with one attached hydrogen (secondary N) is 2. The highest BCUT2D eigenvalue weighted by molar-refractivity contribution is 6.08. The molecule has 2 aliphatic heterocycles. The number of methoxy groups -OCH3 is 1. The van der Waals surface area contributed by atoms with Crippen molar-refractivity contribution in [3.8, 4) is 5.75 Å². The largest absolute Gasteiger partial charge is 0.619 e. The second-order valence-electron chi connectivity index (χ2n) is 7.23. The summed E-state index contributed by atoms with van der Waals surface area (Å²) in [7, 11) is 1.51. The summed E-state index contributed by atoms with van der Waals surface area (Å²) in [6, 6.07) is 7.49. The lowest BCUT2D eigenvalue weighted by Crippen LogP contribution is -2.52. The van der Waals surface area contributed by atoms with Gasteiger partial charge in [-0.1, -0.05) is 6.07 Å². The normalized spacial score (nSPS) is 20.4. The molecular weight excluding hydrogens is 392 g/mol. The van der Waals surface area contributed by atoms with Crippen LogP contribution in [0.1, 0.15) is 21.7 Å². The molecule has 2 N–H and O–H groups in total. The van der Waals surface area contributed by atoms with Crippen molar-refractivity contribution in [3.05, 3.63) is 64.8 Å². The van der Waals surface area contributed by atoms with Crippen LogP contribution in [0.2, 0.25) is 0 Å². The number of amides is 4. The molecule has 0 radical (unpaired) electrons. The summed E-state index contributed by atoms with van der Waals surface area (Å²) in [4.78, 5) is 39.3. The summed E-state index contributed by atoms with van der Waals surface area (Å²) in [6.45, 7) is 0.126. The second-order valence-corrected chi connectivity index (χ2v) is 7.23. The Kier molecular flexibility index (Phi) is 3.72. The minimum atomic E-state index is -1.62. The highest BCUT2D eigenvalue weighted by Crippen LogP contribution is 2.34. The van der Waals surface area contributed by atoms with Crippen molar-refractivity contribution in [2.45, 2.75) is 12.1 Å². The molecule has 2 aromatic heterocycles. The molecule has 10 heteroatoms. The molecule has 30 heavy (non-hydrogen) atoms. The van der Waals surface area contributed by atoms with Gasteiger partial charge in [-0.05, 0) is 23.8 Å². The molecule has 1 aromatic carbocycles. The van der Waals surface area contributed by atoms with Gasteiger partial charge in [-0.25, -0.2) is 4.79 Å². The number of hydrogen-bond acceptors (Lipinski definition) is 6. The lowest BCUT2D eigenvalue weighted by Gasteiger charge is -2.29. The number of rotatable bonds is 4. The van der Waals surface area contributed by atoms with Gasteiger partial charge in [-0.15, -0.1) is 0 Å². The average Bonchev–Trinajstić information content (AvgIpc) is 3.36. The Bertz CT molecular complexity index is 1240. The van der Waals surface area contributed by atoms with Crippen molar-refractivity contribution in [1.82, 2.24) is 15.5 Å². The van der Waals surface area contributed by atoms with E-state index in [1.54, 1.807) is 18.2 Å². The lowest BCUT2D eigenvalue weighted by atomic mass is 9.95. The number of furan rings is 1. The quantitative estimate of drug-likeness (QED) is 0.373. The van der Waals surface area contributed by atoms with E-state index >= 15 is 0 Å². The number of fused-ring (bicyclic) bond motifs is 2. The molecule has 5 rings (SSSR count). The van der Waals surface area contributed by atoms with Crippen LogP contribution in [0.5, 0.6) is 5.75 Å². The van der Waals surface area contributed by atoms with Crippen molar-refractivity contribution in [1.29, 1.82) is 0 Å². The van der Waals surface area contributed by atoms with Crippen LogP contribution in [-0.2, 0) is 16.9 Å². The zero-order valence-corrected chi connectivity index (χ0v) is 15.8. The van der Waals surface area contributed by atoms with Crippen LogP contribution in [-0.4, -0.2) is 36.4 Å². The zero-order valence-electron chi connectivity index (χ0n) is 15.8. The Morgan fingerprint density at radius 2 is 2.10 bits per heavy atom. The molecule has 4 heterocycles. The van der Waals surface area contributed by atoms with Gasteiger partial charge in [0.25, 0.3) is 11.8 Å². The van der Waals surface area contributed by atoms with Crippen LogP contribution in [0, 0.1) is 5.21 Å². The molecule has 2 aliphatic rings. The second kappa shape index (κ2) is 6.21. The SMILES string of the molecule is COc1ccc2c(c1)C(=O)N(CC1(c3cc4c[n+]([O-])ccc4o3)NC(=O)NC1=O)C2. The van der Waals surface area contributed by atoms with Crippen molar-refractivity contribution >= 4 is 28.8 Å². The molecule has 0 aliphatic carbocycles. The van der Waals surface area contributed by atoms with Gasteiger partial charge in [0.05, 0.1) is 19.0 Å². The highest BCUT2D eigenvalue weighted by atomic mass is 16.5. The fraction of sp³-hybridized carbons (Fsp3) is 0.200. The number of hydrogen-bond donors (Lipinski definition) is 2. The maximum absolute atomic E-state index is 13.0. The number of imide groups is 1. The molecule has 4 amide bonds. The van der Waals surface area contributed by atoms with E-state index in [-0.39, 0.29) is 24.8 Å². The Labute approximate surface area is 169 Å². The van der Waals surface area contributed by atoms with Gasteiger partial charge < -0.3 is 24.6 Å². The van der Waals surface area contributed by atoms with Crippen molar-refractivity contribution < 1.29 is 28.3 Å². The van der Waals surface area contributed by atoms with Crippen molar-refractivity contribution in [3.63, 3.8) is 0 Å². The van der Waals surface area contributed by atoms with Gasteiger partial charge in [0, 0.05) is 18.2 Å². The van der Waals surface area contributed by atoms with Crippen LogP contribution in [0.4, 0.5) is 4.79 Å². The number of ether oxygens (including phenoxy) is 1. The smallest absolute Gasteiger partial charge is 0.322 e. The first-order chi connectivity index (χ1) is 14.4. The molecule has 0 bridgehead atoms. The van der Waals surface area contributed by atoms with Crippen molar-refractivity contribution in [2.24, 2.45) is 0 Å². The molecule has 10 nitrogen and oxygen atoms in total. The van der Waals surface area contributed by atoms with Gasteiger partial charge in [-0.2, -0.15) is 4.73 Å². The maximum atomic E-state index is 13.0. The van der Waals surface area contributed by atoms with Crippen LogP contribution in [0.15, 0.2) is 47.1 Å². The van der Waals surface area contributed by atoms with Crippen LogP contribution in [0.3, 0.4) is 0 Å². The molecule has 3 aromatic rings. The summed E-state index contributed by atoms with van der Waals surface area (Å²) in [5.74, 6) is -0.240. The lowest BCUT2D eigenvalue weighted by molar-refractivity contribution is -0.603. The van der Waals surface area contributed by atoms with Gasteiger partial charge in [0.2, 0.25) is 0 Å². The summed E-state index contributed by atoms with van der Waals surface area (Å²) >= 11 is 0. The fourth-order valence-electron chi connectivity index (χ4n) is 3.92. The zero-order chi connectivity index (χ0) is 21.0. The third-order valence-corrected chi connectivity index (χ3v) is 5.42. The predicted molar refractivity (Wildman–Crippen MR) is 101 cm³/mol. The Morgan fingerprint density at radius 3 is 2.83 bits per heavy atom. The Hall–Kier alpha value is -4.08. The number of urea groups is 1. The first-order valence-electron chi connectivity index (χ1n) is 9.12. The maximum Gasteiger partial charge on any atom is 0.322 e. The van der Waals surface area contributed by atoms with Crippen LogP contribution >= 0.6 is 0 Å². The monoisotopic (exact) mass is 408 g/mol. The topological polar surface area (TPSA) is 128 Å². The van der Waals surface area contributed by atoms with E-state index in [9.17, 15) is 19.6 Å². The van der Waals surface area contributed by atoms with E-state index in [2.05, 4.69) is 10.6 Å². The van der Waals surface area contributed by atoms with Crippen LogP contribution in [0.25, 0.3) is 11.0 Å². The molecule has 1 fully saturated rings. The Morgan fingerprint density at radius 1 is 1.27 bits per heavy atom. The predicted octanol–water partition coefficient (Wildman–Crippen LogP) is 0.765. The van der Waals surface area contributed by atoms with E-state index in [1.165, 1.54) is 36.5 Å². The number of aromatic nitrogens is 1. The summed E-state index contributed by atoms with van der Waals surface area (Å²) in [6.07, 6.45) is 2.57. The standard InChI is InChI=1S/C20H16N4O6/c1-29-13-3-2-11-8-23(17(25)14(11)7-13)10-20(18(26)21-19(27)22-20)16-6-12-9-24(28)5-4-15(12)30-16/h2-7,9H,8,10H2,1H3,(H2,21,22,26,27).